The van der Waals surface area contributed by atoms with E-state index in [4.69, 9.17) is 0 Å². The summed E-state index contributed by atoms with van der Waals surface area (Å²) in [4.78, 5) is 15.5. The van der Waals surface area contributed by atoms with Crippen molar-refractivity contribution in [3.05, 3.63) is 54.6 Å². The van der Waals surface area contributed by atoms with E-state index in [2.05, 4.69) is 35.3 Å². The summed E-state index contributed by atoms with van der Waals surface area (Å²) >= 11 is 0. The third kappa shape index (κ3) is 3.08. The van der Waals surface area contributed by atoms with Gasteiger partial charge in [-0.05, 0) is 18.6 Å². The second-order valence-electron chi connectivity index (χ2n) is 7.31. The molecule has 0 radical (unpaired) electrons. The maximum absolute atomic E-state index is 13.0. The van der Waals surface area contributed by atoms with Crippen LogP contribution in [0.15, 0.2) is 54.6 Å². The third-order valence-corrected chi connectivity index (χ3v) is 6.06. The number of amides is 1. The highest BCUT2D eigenvalue weighted by Gasteiger charge is 2.45. The highest BCUT2D eigenvalue weighted by atomic mass is 16.2. The highest BCUT2D eigenvalue weighted by Crippen LogP contribution is 2.29. The minimum Gasteiger partial charge on any atom is -0.320 e. The molecule has 2 aromatic carbocycles. The summed E-state index contributed by atoms with van der Waals surface area (Å²) in [6.45, 7) is 8.74. The second-order valence-corrected chi connectivity index (χ2v) is 7.31. The predicted molar refractivity (Wildman–Crippen MR) is 101 cm³/mol. The molecule has 4 nitrogen and oxygen atoms in total. The summed E-state index contributed by atoms with van der Waals surface area (Å²) in [7, 11) is 0. The molecule has 3 fully saturated rings. The van der Waals surface area contributed by atoms with E-state index >= 15 is 0 Å². The van der Waals surface area contributed by atoms with Crippen molar-refractivity contribution in [2.75, 3.05) is 44.6 Å². The molecular weight excluding hydrogens is 310 g/mol. The van der Waals surface area contributed by atoms with Gasteiger partial charge in [-0.25, -0.2) is 0 Å². The first-order valence-corrected chi connectivity index (χ1v) is 9.21. The Morgan fingerprint density at radius 3 is 2.24 bits per heavy atom. The van der Waals surface area contributed by atoms with Crippen LogP contribution in [0.3, 0.4) is 0 Å². The van der Waals surface area contributed by atoms with E-state index in [1.807, 2.05) is 36.4 Å². The average Bonchev–Trinajstić information content (AvgIpc) is 2.70. The van der Waals surface area contributed by atoms with Gasteiger partial charge in [0.15, 0.2) is 6.04 Å². The van der Waals surface area contributed by atoms with Crippen molar-refractivity contribution in [2.24, 2.45) is 0 Å². The number of nitrogens with zero attached hydrogens (tertiary/aromatic N) is 2. The standard InChI is InChI=1S/C21H25N3O/c1-17(24-14-11-23(12-15-24)13-16-24)21(25)22-20-10-6-5-9-19(20)18-7-3-2-4-8-18/h2-10,17H,11-16H2,1H3/p+1/t17-/m1/s1. The molecule has 3 aliphatic rings. The van der Waals surface area contributed by atoms with Gasteiger partial charge in [0.1, 0.15) is 0 Å². The van der Waals surface area contributed by atoms with Crippen molar-refractivity contribution < 1.29 is 9.28 Å². The van der Waals surface area contributed by atoms with Crippen molar-refractivity contribution in [3.8, 4) is 11.1 Å². The number of hydrogen-bond acceptors (Lipinski definition) is 2. The first-order chi connectivity index (χ1) is 12.2. The van der Waals surface area contributed by atoms with Crippen molar-refractivity contribution in [1.82, 2.24) is 4.90 Å². The Bertz CT molecular complexity index is 737. The summed E-state index contributed by atoms with van der Waals surface area (Å²) in [6, 6.07) is 18.3. The Morgan fingerprint density at radius 2 is 1.56 bits per heavy atom. The topological polar surface area (TPSA) is 32.3 Å². The monoisotopic (exact) mass is 336 g/mol. The summed E-state index contributed by atoms with van der Waals surface area (Å²) < 4.78 is 0.940. The lowest BCUT2D eigenvalue weighted by Gasteiger charge is -2.52. The largest absolute Gasteiger partial charge is 0.320 e. The van der Waals surface area contributed by atoms with Crippen LogP contribution in [0.5, 0.6) is 0 Å². The maximum atomic E-state index is 13.0. The Hall–Kier alpha value is -2.17. The van der Waals surface area contributed by atoms with E-state index in [1.54, 1.807) is 0 Å². The van der Waals surface area contributed by atoms with E-state index in [1.165, 1.54) is 0 Å². The van der Waals surface area contributed by atoms with Gasteiger partial charge in [-0.1, -0.05) is 48.5 Å². The molecule has 1 amide bonds. The van der Waals surface area contributed by atoms with Crippen molar-refractivity contribution >= 4 is 11.6 Å². The predicted octanol–water partition coefficient (Wildman–Crippen LogP) is 2.83. The van der Waals surface area contributed by atoms with Crippen LogP contribution in [0.25, 0.3) is 11.1 Å². The summed E-state index contributed by atoms with van der Waals surface area (Å²) in [5.74, 6) is 0.138. The SMILES string of the molecule is C[C@H](C(=O)Nc1ccccc1-c1ccccc1)[N+]12CCN(CC1)CC2. The average molecular weight is 336 g/mol. The third-order valence-electron chi connectivity index (χ3n) is 6.06. The lowest BCUT2D eigenvalue weighted by molar-refractivity contribution is -0.953. The van der Waals surface area contributed by atoms with Crippen molar-refractivity contribution in [1.29, 1.82) is 0 Å². The first-order valence-electron chi connectivity index (χ1n) is 9.21. The molecule has 0 unspecified atom stereocenters. The number of para-hydroxylation sites is 1. The number of benzene rings is 2. The maximum Gasteiger partial charge on any atom is 0.282 e. The van der Waals surface area contributed by atoms with E-state index in [-0.39, 0.29) is 11.9 Å². The molecule has 130 valence electrons. The summed E-state index contributed by atoms with van der Waals surface area (Å²) in [5, 5.41) is 3.21. The fourth-order valence-corrected chi connectivity index (χ4v) is 4.22. The molecule has 1 atom stereocenters. The quantitative estimate of drug-likeness (QED) is 0.871. The van der Waals surface area contributed by atoms with Crippen molar-refractivity contribution in [2.45, 2.75) is 13.0 Å². The Kier molecular flexibility index (Phi) is 4.32. The smallest absolute Gasteiger partial charge is 0.282 e. The molecule has 25 heavy (non-hydrogen) atoms. The number of anilines is 1. The number of carbonyl (C=O) groups excluding carboxylic acids is 1. The van der Waals surface area contributed by atoms with Crippen LogP contribution in [0.2, 0.25) is 0 Å². The second kappa shape index (κ2) is 6.62. The molecule has 5 rings (SSSR count). The number of quaternary nitrogens is 1. The molecule has 2 aromatic rings. The van der Waals surface area contributed by atoms with Gasteiger partial charge in [-0.15, -0.1) is 0 Å². The normalized spacial score (nSPS) is 26.2. The highest BCUT2D eigenvalue weighted by molar-refractivity contribution is 5.97. The Balaban J connectivity index is 1.55. The fourth-order valence-electron chi connectivity index (χ4n) is 4.22. The van der Waals surface area contributed by atoms with Crippen LogP contribution in [-0.2, 0) is 4.79 Å². The van der Waals surface area contributed by atoms with Gasteiger partial charge in [0.2, 0.25) is 0 Å². The lowest BCUT2D eigenvalue weighted by Crippen LogP contribution is -2.72. The fraction of sp³-hybridized carbons (Fsp3) is 0.381. The van der Waals surface area contributed by atoms with Gasteiger partial charge in [0.05, 0.1) is 19.6 Å². The van der Waals surface area contributed by atoms with Crippen LogP contribution in [-0.4, -0.2) is 60.6 Å². The zero-order valence-electron chi connectivity index (χ0n) is 14.8. The summed E-state index contributed by atoms with van der Waals surface area (Å²) in [6.07, 6.45) is 0. The number of hydrogen-bond donors (Lipinski definition) is 1. The molecule has 1 N–H and O–H groups in total. The van der Waals surface area contributed by atoms with Crippen LogP contribution in [0.1, 0.15) is 6.92 Å². The first kappa shape index (κ1) is 16.3. The van der Waals surface area contributed by atoms with Crippen molar-refractivity contribution in [3.63, 3.8) is 0 Å². The van der Waals surface area contributed by atoms with Gasteiger partial charge in [0.25, 0.3) is 5.91 Å². The molecule has 3 heterocycles. The molecule has 0 spiro atoms. The number of piperazine rings is 3. The van der Waals surface area contributed by atoms with Gasteiger partial charge >= 0.3 is 0 Å². The Labute approximate surface area is 149 Å². The van der Waals surface area contributed by atoms with Crippen LogP contribution in [0, 0.1) is 0 Å². The number of nitrogens with one attached hydrogen (secondary N) is 1. The summed E-state index contributed by atoms with van der Waals surface area (Å²) in [5.41, 5.74) is 3.11. The van der Waals surface area contributed by atoms with E-state index < -0.39 is 0 Å². The minimum atomic E-state index is -0.00807. The number of carbonyl (C=O) groups is 1. The molecule has 3 aliphatic heterocycles. The van der Waals surface area contributed by atoms with E-state index in [9.17, 15) is 4.79 Å². The zero-order valence-corrected chi connectivity index (χ0v) is 14.8. The molecule has 0 aromatic heterocycles. The lowest BCUT2D eigenvalue weighted by atomic mass is 10.0. The molecule has 0 saturated carbocycles. The molecular formula is C21H26N3O+. The van der Waals surface area contributed by atoms with Gasteiger partial charge < -0.3 is 9.80 Å². The number of fused-ring (bicyclic) bond motifs is 3. The van der Waals surface area contributed by atoms with Gasteiger partial charge in [-0.2, -0.15) is 0 Å². The van der Waals surface area contributed by atoms with Crippen LogP contribution in [0.4, 0.5) is 5.69 Å². The Morgan fingerprint density at radius 1 is 0.960 bits per heavy atom. The molecule has 2 bridgehead atoms. The van der Waals surface area contributed by atoms with E-state index in [0.717, 1.165) is 60.6 Å². The zero-order chi connectivity index (χ0) is 17.3. The van der Waals surface area contributed by atoms with Crippen LogP contribution >= 0.6 is 0 Å². The molecule has 4 heteroatoms. The van der Waals surface area contributed by atoms with Gasteiger partial charge in [-0.3, -0.25) is 9.69 Å². The van der Waals surface area contributed by atoms with E-state index in [0.29, 0.717) is 0 Å². The number of rotatable bonds is 4. The van der Waals surface area contributed by atoms with Gasteiger partial charge in [0, 0.05) is 30.9 Å². The van der Waals surface area contributed by atoms with Crippen LogP contribution < -0.4 is 5.32 Å². The molecule has 0 aliphatic carbocycles. The molecule has 3 saturated heterocycles. The minimum absolute atomic E-state index is 0.00807.